The van der Waals surface area contributed by atoms with Crippen molar-refractivity contribution in [3.05, 3.63) is 76.1 Å². The van der Waals surface area contributed by atoms with Crippen LogP contribution >= 0.6 is 11.6 Å². The molecule has 0 bridgehead atoms. The molecule has 0 aliphatic heterocycles. The van der Waals surface area contributed by atoms with Crippen molar-refractivity contribution in [2.24, 2.45) is 5.73 Å². The van der Waals surface area contributed by atoms with Crippen molar-refractivity contribution >= 4 is 28.4 Å². The lowest BCUT2D eigenvalue weighted by Gasteiger charge is -2.17. The normalized spacial score (nSPS) is 17.5. The fourth-order valence-corrected chi connectivity index (χ4v) is 3.58. The minimum Gasteiger partial charge on any atom is -0.361 e. The number of rotatable bonds is 6. The van der Waals surface area contributed by atoms with E-state index in [1.54, 1.807) is 6.07 Å². The second-order valence-corrected chi connectivity index (χ2v) is 7.52. The number of carbonyl (C=O) groups excluding carboxylic acids is 1. The number of nitrogens with one attached hydrogen (secondary N) is 2. The molecule has 30 heavy (non-hydrogen) atoms. The Labute approximate surface area is 175 Å². The number of alkyl halides is 1. The maximum atomic E-state index is 14.7. The number of allylic oxidation sites excluding steroid dienone is 2. The van der Waals surface area contributed by atoms with Gasteiger partial charge in [0.05, 0.1) is 0 Å². The maximum absolute atomic E-state index is 14.7. The van der Waals surface area contributed by atoms with Gasteiger partial charge >= 0.3 is 0 Å². The van der Waals surface area contributed by atoms with E-state index in [4.69, 9.17) is 21.9 Å². The van der Waals surface area contributed by atoms with Crippen LogP contribution in [0.15, 0.2) is 58.5 Å². The summed E-state index contributed by atoms with van der Waals surface area (Å²) in [4.78, 5) is 15.5. The molecular weight excluding hydrogens is 414 g/mol. The number of aromatic amines is 1. The Balaban J connectivity index is 1.38. The van der Waals surface area contributed by atoms with Gasteiger partial charge in [-0.25, -0.2) is 8.78 Å². The average molecular weight is 433 g/mol. The van der Waals surface area contributed by atoms with Crippen LogP contribution in [0.3, 0.4) is 0 Å². The second-order valence-electron chi connectivity index (χ2n) is 7.09. The number of halogens is 3. The molecule has 0 spiro atoms. The van der Waals surface area contributed by atoms with E-state index in [1.165, 1.54) is 12.1 Å². The molecule has 1 amide bonds. The first-order valence-electron chi connectivity index (χ1n) is 9.39. The summed E-state index contributed by atoms with van der Waals surface area (Å²) in [6, 6.07) is 6.25. The molecule has 0 saturated heterocycles. The first-order valence-corrected chi connectivity index (χ1v) is 9.77. The van der Waals surface area contributed by atoms with Crippen molar-refractivity contribution in [2.45, 2.75) is 25.1 Å². The van der Waals surface area contributed by atoms with Gasteiger partial charge in [0.2, 0.25) is 0 Å². The van der Waals surface area contributed by atoms with Gasteiger partial charge in [0.1, 0.15) is 5.83 Å². The Morgan fingerprint density at radius 2 is 2.27 bits per heavy atom. The largest absolute Gasteiger partial charge is 0.361 e. The quantitative estimate of drug-likeness (QED) is 0.541. The summed E-state index contributed by atoms with van der Waals surface area (Å²) >= 11 is 6.04. The van der Waals surface area contributed by atoms with Crippen LogP contribution in [-0.2, 0) is 6.42 Å². The van der Waals surface area contributed by atoms with Crippen LogP contribution in [0.4, 0.5) is 8.78 Å². The summed E-state index contributed by atoms with van der Waals surface area (Å²) < 4.78 is 33.5. The van der Waals surface area contributed by atoms with Crippen molar-refractivity contribution < 1.29 is 18.1 Å². The van der Waals surface area contributed by atoms with Gasteiger partial charge in [-0.05, 0) is 42.7 Å². The van der Waals surface area contributed by atoms with E-state index in [2.05, 4.69) is 15.5 Å². The number of carbonyl (C=O) groups is 1. The van der Waals surface area contributed by atoms with Gasteiger partial charge in [0.15, 0.2) is 17.6 Å². The number of fused-ring (bicyclic) bond motifs is 1. The molecule has 2 aromatic heterocycles. The molecule has 0 radical (unpaired) electrons. The van der Waals surface area contributed by atoms with Crippen molar-refractivity contribution in [1.82, 2.24) is 15.5 Å². The third kappa shape index (κ3) is 4.15. The van der Waals surface area contributed by atoms with Gasteiger partial charge in [-0.3, -0.25) is 4.79 Å². The Kier molecular flexibility index (Phi) is 5.69. The number of aromatic nitrogens is 2. The summed E-state index contributed by atoms with van der Waals surface area (Å²) in [5, 5.41) is 7.94. The smallest absolute Gasteiger partial charge is 0.273 e. The molecule has 4 rings (SSSR count). The summed E-state index contributed by atoms with van der Waals surface area (Å²) in [5.41, 5.74) is 7.48. The van der Waals surface area contributed by atoms with Gasteiger partial charge in [0, 0.05) is 46.3 Å². The summed E-state index contributed by atoms with van der Waals surface area (Å²) in [7, 11) is 0. The molecule has 6 nitrogen and oxygen atoms in total. The van der Waals surface area contributed by atoms with Crippen molar-refractivity contribution in [3.63, 3.8) is 0 Å². The summed E-state index contributed by atoms with van der Waals surface area (Å²) in [5.74, 6) is -1.44. The van der Waals surface area contributed by atoms with Gasteiger partial charge in [-0.2, -0.15) is 0 Å². The number of benzene rings is 1. The first kappa shape index (κ1) is 20.3. The highest BCUT2D eigenvalue weighted by Crippen LogP contribution is 2.34. The monoisotopic (exact) mass is 432 g/mol. The molecule has 2 atom stereocenters. The van der Waals surface area contributed by atoms with Crippen LogP contribution in [0, 0.1) is 0 Å². The molecule has 0 fully saturated rings. The second kappa shape index (κ2) is 8.41. The van der Waals surface area contributed by atoms with Gasteiger partial charge in [-0.1, -0.05) is 22.8 Å². The Bertz CT molecular complexity index is 1150. The number of hydrogen-bond donors (Lipinski definition) is 3. The minimum absolute atomic E-state index is 0.0281. The molecule has 2 heterocycles. The fraction of sp³-hybridized carbons (Fsp3) is 0.238. The first-order chi connectivity index (χ1) is 14.4. The summed E-state index contributed by atoms with van der Waals surface area (Å²) in [6.45, 7) is 0.332. The average Bonchev–Trinajstić information content (AvgIpc) is 3.37. The van der Waals surface area contributed by atoms with Crippen molar-refractivity contribution in [2.75, 3.05) is 6.54 Å². The molecule has 156 valence electrons. The van der Waals surface area contributed by atoms with Crippen molar-refractivity contribution in [1.29, 1.82) is 0 Å². The predicted molar refractivity (Wildman–Crippen MR) is 110 cm³/mol. The number of amides is 1. The van der Waals surface area contributed by atoms with E-state index in [0.29, 0.717) is 18.0 Å². The Hall–Kier alpha value is -2.97. The highest BCUT2D eigenvalue weighted by atomic mass is 35.5. The van der Waals surface area contributed by atoms with Crippen LogP contribution in [-0.4, -0.2) is 28.6 Å². The third-order valence-corrected chi connectivity index (χ3v) is 5.21. The molecule has 0 saturated carbocycles. The summed E-state index contributed by atoms with van der Waals surface area (Å²) in [6.07, 6.45) is 3.20. The number of H-pyrrole nitrogens is 1. The topological polar surface area (TPSA) is 96.9 Å². The Morgan fingerprint density at radius 3 is 3.10 bits per heavy atom. The molecule has 3 aromatic rings. The maximum Gasteiger partial charge on any atom is 0.273 e. The number of hydrogen-bond acceptors (Lipinski definition) is 4. The van der Waals surface area contributed by atoms with E-state index in [1.807, 2.05) is 18.3 Å². The van der Waals surface area contributed by atoms with Gasteiger partial charge in [0.25, 0.3) is 5.91 Å². The van der Waals surface area contributed by atoms with Crippen LogP contribution in [0.5, 0.6) is 0 Å². The lowest BCUT2D eigenvalue weighted by Crippen LogP contribution is -2.25. The molecule has 1 aliphatic carbocycles. The standard InChI is InChI=1S/C21H19ClF2N4O2/c22-12-1-4-17-14(7-12)11(10-27-17)5-6-26-21(29)18-9-19(30-28-18)20(24)15-8-13(25)2-3-16(15)23/h1-4,7,9-10,13,20,27H,5-6,8,25H2,(H,26,29). The zero-order chi connectivity index (χ0) is 21.3. The van der Waals surface area contributed by atoms with Crippen molar-refractivity contribution in [3.8, 4) is 0 Å². The van der Waals surface area contributed by atoms with Crippen LogP contribution in [0.2, 0.25) is 5.02 Å². The fourth-order valence-electron chi connectivity index (χ4n) is 3.41. The highest BCUT2D eigenvalue weighted by molar-refractivity contribution is 6.31. The number of nitrogens with two attached hydrogens (primary N) is 1. The van der Waals surface area contributed by atoms with Gasteiger partial charge < -0.3 is 20.6 Å². The highest BCUT2D eigenvalue weighted by Gasteiger charge is 2.28. The minimum atomic E-state index is -1.86. The Morgan fingerprint density at radius 1 is 1.43 bits per heavy atom. The van der Waals surface area contributed by atoms with Gasteiger partial charge in [-0.15, -0.1) is 0 Å². The van der Waals surface area contributed by atoms with E-state index in [-0.39, 0.29) is 23.4 Å². The molecular formula is C21H19ClF2N4O2. The van der Waals surface area contributed by atoms with E-state index in [0.717, 1.165) is 22.5 Å². The zero-order valence-electron chi connectivity index (χ0n) is 15.8. The van der Waals surface area contributed by atoms with Crippen LogP contribution in [0.25, 0.3) is 10.9 Å². The van der Waals surface area contributed by atoms with Crippen LogP contribution < -0.4 is 11.1 Å². The predicted octanol–water partition coefficient (Wildman–Crippen LogP) is 4.30. The molecule has 1 aliphatic rings. The molecule has 9 heteroatoms. The van der Waals surface area contributed by atoms with E-state index < -0.39 is 23.9 Å². The lowest BCUT2D eigenvalue weighted by molar-refractivity contribution is 0.0944. The third-order valence-electron chi connectivity index (χ3n) is 4.98. The van der Waals surface area contributed by atoms with E-state index in [9.17, 15) is 13.6 Å². The molecule has 1 aromatic carbocycles. The van der Waals surface area contributed by atoms with E-state index >= 15 is 0 Å². The lowest BCUT2D eigenvalue weighted by atomic mass is 9.95. The molecule has 4 N–H and O–H groups in total. The molecule has 2 unspecified atom stereocenters. The zero-order valence-corrected chi connectivity index (χ0v) is 16.5. The van der Waals surface area contributed by atoms with Crippen LogP contribution in [0.1, 0.15) is 34.4 Å². The SMILES string of the molecule is NC1C=CC(F)=C(C(F)c2cc(C(=O)NCCc3c[nH]c4ccc(Cl)cc34)no2)C1. The number of nitrogens with zero attached hydrogens (tertiary/aromatic N) is 1.